The minimum absolute atomic E-state index is 0.0855. The zero-order valence-corrected chi connectivity index (χ0v) is 12.2. The SMILES string of the molecule is Cc1cc(C(=O)NC2CCN(C(C)C)CC2)cs1. The Hall–Kier alpha value is -0.870. The molecule has 0 aromatic carbocycles. The van der Waals surface area contributed by atoms with Gasteiger partial charge in [-0.25, -0.2) is 0 Å². The van der Waals surface area contributed by atoms with Gasteiger partial charge in [0.15, 0.2) is 0 Å². The Bertz CT molecular complexity index is 406. The smallest absolute Gasteiger partial charge is 0.252 e. The molecule has 0 bridgehead atoms. The summed E-state index contributed by atoms with van der Waals surface area (Å²) in [4.78, 5) is 15.7. The summed E-state index contributed by atoms with van der Waals surface area (Å²) in [5.41, 5.74) is 0.809. The van der Waals surface area contributed by atoms with Gasteiger partial charge in [0.25, 0.3) is 5.91 Å². The van der Waals surface area contributed by atoms with Crippen LogP contribution >= 0.6 is 11.3 Å². The van der Waals surface area contributed by atoms with Crippen LogP contribution in [0.5, 0.6) is 0 Å². The molecule has 0 saturated carbocycles. The van der Waals surface area contributed by atoms with Gasteiger partial charge in [0.2, 0.25) is 0 Å². The van der Waals surface area contributed by atoms with Crippen molar-refractivity contribution in [2.24, 2.45) is 0 Å². The van der Waals surface area contributed by atoms with E-state index in [4.69, 9.17) is 0 Å². The number of piperidine rings is 1. The second-order valence-corrected chi connectivity index (χ2v) is 6.44. The van der Waals surface area contributed by atoms with Crippen molar-refractivity contribution >= 4 is 17.2 Å². The number of nitrogens with one attached hydrogen (secondary N) is 1. The monoisotopic (exact) mass is 266 g/mol. The lowest BCUT2D eigenvalue weighted by atomic mass is 10.0. The van der Waals surface area contributed by atoms with Gasteiger partial charge in [-0.05, 0) is 39.7 Å². The Balaban J connectivity index is 1.83. The molecule has 1 aromatic rings. The van der Waals surface area contributed by atoms with Crippen LogP contribution in [0.15, 0.2) is 11.4 Å². The van der Waals surface area contributed by atoms with Crippen molar-refractivity contribution in [3.05, 3.63) is 21.9 Å². The zero-order chi connectivity index (χ0) is 13.1. The summed E-state index contributed by atoms with van der Waals surface area (Å²) in [5.74, 6) is 0.0855. The lowest BCUT2D eigenvalue weighted by Gasteiger charge is -2.34. The highest BCUT2D eigenvalue weighted by molar-refractivity contribution is 7.10. The number of nitrogens with zero attached hydrogens (tertiary/aromatic N) is 1. The highest BCUT2D eigenvalue weighted by atomic mass is 32.1. The van der Waals surface area contributed by atoms with Crippen LogP contribution in [-0.2, 0) is 0 Å². The molecule has 1 N–H and O–H groups in total. The van der Waals surface area contributed by atoms with Gasteiger partial charge in [-0.15, -0.1) is 11.3 Å². The Morgan fingerprint density at radius 3 is 2.61 bits per heavy atom. The van der Waals surface area contributed by atoms with Crippen LogP contribution in [0.2, 0.25) is 0 Å². The molecular formula is C14H22N2OS. The summed E-state index contributed by atoms with van der Waals surface area (Å²) in [5, 5.41) is 5.09. The van der Waals surface area contributed by atoms with Gasteiger partial charge in [0.05, 0.1) is 5.56 Å². The fraction of sp³-hybridized carbons (Fsp3) is 0.643. The van der Waals surface area contributed by atoms with Crippen LogP contribution in [0, 0.1) is 6.92 Å². The van der Waals surface area contributed by atoms with E-state index >= 15 is 0 Å². The Labute approximate surface area is 113 Å². The molecule has 0 spiro atoms. The molecule has 0 atom stereocenters. The second kappa shape index (κ2) is 5.85. The normalized spacial score (nSPS) is 18.2. The van der Waals surface area contributed by atoms with Crippen LogP contribution in [0.25, 0.3) is 0 Å². The summed E-state index contributed by atoms with van der Waals surface area (Å²) >= 11 is 1.63. The summed E-state index contributed by atoms with van der Waals surface area (Å²) in [6.07, 6.45) is 2.13. The number of aryl methyl sites for hydroxylation is 1. The molecular weight excluding hydrogens is 244 g/mol. The van der Waals surface area contributed by atoms with Crippen molar-refractivity contribution in [2.45, 2.75) is 45.7 Å². The van der Waals surface area contributed by atoms with Crippen molar-refractivity contribution in [1.29, 1.82) is 0 Å². The first-order valence-corrected chi connectivity index (χ1v) is 7.54. The maximum atomic E-state index is 12.0. The van der Waals surface area contributed by atoms with Gasteiger partial charge in [0.1, 0.15) is 0 Å². The van der Waals surface area contributed by atoms with Crippen LogP contribution in [-0.4, -0.2) is 36.0 Å². The molecule has 2 rings (SSSR count). The van der Waals surface area contributed by atoms with Crippen LogP contribution in [0.1, 0.15) is 41.9 Å². The summed E-state index contributed by atoms with van der Waals surface area (Å²) in [7, 11) is 0. The average Bonchev–Trinajstić information content (AvgIpc) is 2.76. The molecule has 1 fully saturated rings. The molecule has 1 aromatic heterocycles. The van der Waals surface area contributed by atoms with E-state index in [1.807, 2.05) is 18.4 Å². The predicted molar refractivity (Wildman–Crippen MR) is 76.3 cm³/mol. The topological polar surface area (TPSA) is 32.3 Å². The number of carbonyl (C=O) groups is 1. The quantitative estimate of drug-likeness (QED) is 0.912. The van der Waals surface area contributed by atoms with E-state index in [1.165, 1.54) is 4.88 Å². The molecule has 1 amide bonds. The molecule has 0 aliphatic carbocycles. The van der Waals surface area contributed by atoms with Crippen molar-refractivity contribution < 1.29 is 4.79 Å². The van der Waals surface area contributed by atoms with Gasteiger partial charge < -0.3 is 10.2 Å². The maximum absolute atomic E-state index is 12.0. The molecule has 2 heterocycles. The van der Waals surface area contributed by atoms with E-state index < -0.39 is 0 Å². The van der Waals surface area contributed by atoms with E-state index in [0.717, 1.165) is 31.5 Å². The second-order valence-electron chi connectivity index (χ2n) is 5.32. The molecule has 1 saturated heterocycles. The largest absolute Gasteiger partial charge is 0.349 e. The zero-order valence-electron chi connectivity index (χ0n) is 11.4. The van der Waals surface area contributed by atoms with Crippen molar-refractivity contribution in [1.82, 2.24) is 10.2 Å². The highest BCUT2D eigenvalue weighted by Crippen LogP contribution is 2.16. The molecule has 3 nitrogen and oxygen atoms in total. The third-order valence-corrected chi connectivity index (χ3v) is 4.45. The number of hydrogen-bond donors (Lipinski definition) is 1. The highest BCUT2D eigenvalue weighted by Gasteiger charge is 2.22. The van der Waals surface area contributed by atoms with E-state index in [1.54, 1.807) is 11.3 Å². The van der Waals surface area contributed by atoms with Gasteiger partial charge >= 0.3 is 0 Å². The molecule has 4 heteroatoms. The van der Waals surface area contributed by atoms with E-state index in [9.17, 15) is 4.79 Å². The van der Waals surface area contributed by atoms with Crippen molar-refractivity contribution in [3.8, 4) is 0 Å². The number of amides is 1. The molecule has 100 valence electrons. The fourth-order valence-electron chi connectivity index (χ4n) is 2.39. The summed E-state index contributed by atoms with van der Waals surface area (Å²) < 4.78 is 0. The van der Waals surface area contributed by atoms with Crippen molar-refractivity contribution in [2.75, 3.05) is 13.1 Å². The van der Waals surface area contributed by atoms with E-state index in [0.29, 0.717) is 12.1 Å². The summed E-state index contributed by atoms with van der Waals surface area (Å²) in [6.45, 7) is 8.67. The first-order valence-electron chi connectivity index (χ1n) is 6.66. The average molecular weight is 266 g/mol. The fourth-order valence-corrected chi connectivity index (χ4v) is 3.07. The Morgan fingerprint density at radius 2 is 2.11 bits per heavy atom. The third kappa shape index (κ3) is 3.33. The number of hydrogen-bond acceptors (Lipinski definition) is 3. The first kappa shape index (κ1) is 13.6. The molecule has 0 unspecified atom stereocenters. The maximum Gasteiger partial charge on any atom is 0.252 e. The molecule has 1 aliphatic rings. The van der Waals surface area contributed by atoms with Gasteiger partial charge in [-0.1, -0.05) is 0 Å². The van der Waals surface area contributed by atoms with Crippen LogP contribution in [0.3, 0.4) is 0 Å². The van der Waals surface area contributed by atoms with Gasteiger partial charge in [-0.3, -0.25) is 4.79 Å². The molecule has 18 heavy (non-hydrogen) atoms. The number of thiophene rings is 1. The lowest BCUT2D eigenvalue weighted by molar-refractivity contribution is 0.0901. The number of carbonyl (C=O) groups excluding carboxylic acids is 1. The third-order valence-electron chi connectivity index (χ3n) is 3.59. The van der Waals surface area contributed by atoms with Crippen LogP contribution in [0.4, 0.5) is 0 Å². The van der Waals surface area contributed by atoms with E-state index in [2.05, 4.69) is 24.1 Å². The van der Waals surface area contributed by atoms with Gasteiger partial charge in [-0.2, -0.15) is 0 Å². The number of likely N-dealkylation sites (tertiary alicyclic amines) is 1. The Kier molecular flexibility index (Phi) is 4.40. The van der Waals surface area contributed by atoms with Gasteiger partial charge in [0, 0.05) is 35.4 Å². The van der Waals surface area contributed by atoms with Crippen LogP contribution < -0.4 is 5.32 Å². The first-order chi connectivity index (χ1) is 8.56. The lowest BCUT2D eigenvalue weighted by Crippen LogP contribution is -2.46. The predicted octanol–water partition coefficient (Wildman–Crippen LogP) is 2.66. The number of rotatable bonds is 3. The Morgan fingerprint density at radius 1 is 1.44 bits per heavy atom. The summed E-state index contributed by atoms with van der Waals surface area (Å²) in [6, 6.07) is 2.91. The molecule has 0 radical (unpaired) electrons. The minimum atomic E-state index is 0.0855. The molecule has 1 aliphatic heterocycles. The van der Waals surface area contributed by atoms with E-state index in [-0.39, 0.29) is 5.91 Å². The standard InChI is InChI=1S/C14H22N2OS/c1-10(2)16-6-4-13(5-7-16)15-14(17)12-8-11(3)18-9-12/h8-10,13H,4-7H2,1-3H3,(H,15,17). The van der Waals surface area contributed by atoms with Crippen molar-refractivity contribution in [3.63, 3.8) is 0 Å². The minimum Gasteiger partial charge on any atom is -0.349 e.